The predicted octanol–water partition coefficient (Wildman–Crippen LogP) is 3.25. The zero-order valence-corrected chi connectivity index (χ0v) is 13.4. The van der Waals surface area contributed by atoms with E-state index in [1.165, 1.54) is 11.8 Å². The summed E-state index contributed by atoms with van der Waals surface area (Å²) < 4.78 is 5.50. The molecule has 21 heavy (non-hydrogen) atoms. The Morgan fingerprint density at radius 3 is 2.86 bits per heavy atom. The van der Waals surface area contributed by atoms with Gasteiger partial charge in [0.05, 0.1) is 16.3 Å². The second-order valence-electron chi connectivity index (χ2n) is 4.84. The highest BCUT2D eigenvalue weighted by Gasteiger charge is 2.13. The topological polar surface area (TPSA) is 68.0 Å². The average molecular weight is 326 g/mol. The molecule has 2 aromatic rings. The molecule has 1 heterocycles. The number of carbonyl (C=O) groups is 1. The number of hydrogen-bond acceptors (Lipinski definition) is 5. The van der Waals surface area contributed by atoms with Gasteiger partial charge < -0.3 is 9.73 Å². The van der Waals surface area contributed by atoms with Crippen molar-refractivity contribution in [3.05, 3.63) is 29.3 Å². The molecule has 0 aliphatic carbocycles. The molecule has 0 fully saturated rings. The Labute approximate surface area is 132 Å². The van der Waals surface area contributed by atoms with E-state index >= 15 is 0 Å². The van der Waals surface area contributed by atoms with Crippen LogP contribution in [-0.4, -0.2) is 28.4 Å². The van der Waals surface area contributed by atoms with Crippen LogP contribution in [0.4, 0.5) is 0 Å². The third kappa shape index (κ3) is 4.75. The van der Waals surface area contributed by atoms with Crippen molar-refractivity contribution in [1.29, 1.82) is 0 Å². The summed E-state index contributed by atoms with van der Waals surface area (Å²) in [5.41, 5.74) is 0.683. The molecule has 112 valence electrons. The van der Waals surface area contributed by atoms with Crippen LogP contribution in [0.1, 0.15) is 13.8 Å². The normalized spacial score (nSPS) is 10.9. The van der Waals surface area contributed by atoms with Gasteiger partial charge in [0, 0.05) is 6.54 Å². The van der Waals surface area contributed by atoms with Crippen LogP contribution in [0.5, 0.6) is 0 Å². The summed E-state index contributed by atoms with van der Waals surface area (Å²) >= 11 is 7.27. The number of hydrogen-bond donors (Lipinski definition) is 1. The highest BCUT2D eigenvalue weighted by molar-refractivity contribution is 7.99. The maximum atomic E-state index is 11.6. The number of carbonyl (C=O) groups excluding carboxylic acids is 1. The molecule has 1 aromatic heterocycles. The van der Waals surface area contributed by atoms with Gasteiger partial charge in [-0.1, -0.05) is 49.3 Å². The van der Waals surface area contributed by atoms with E-state index in [2.05, 4.69) is 15.5 Å². The highest BCUT2D eigenvalue weighted by Crippen LogP contribution is 2.28. The van der Waals surface area contributed by atoms with E-state index in [-0.39, 0.29) is 11.7 Å². The van der Waals surface area contributed by atoms with E-state index in [1.54, 1.807) is 12.1 Å². The number of amides is 1. The molecule has 7 heteroatoms. The monoisotopic (exact) mass is 325 g/mol. The first-order chi connectivity index (χ1) is 10.1. The quantitative estimate of drug-likeness (QED) is 0.826. The Morgan fingerprint density at radius 1 is 1.38 bits per heavy atom. The smallest absolute Gasteiger partial charge is 0.277 e. The molecular formula is C14H16ClN3O2S. The fourth-order valence-corrected chi connectivity index (χ4v) is 2.32. The van der Waals surface area contributed by atoms with Crippen LogP contribution in [-0.2, 0) is 4.79 Å². The van der Waals surface area contributed by atoms with Gasteiger partial charge in [0.25, 0.3) is 5.22 Å². The summed E-state index contributed by atoms with van der Waals surface area (Å²) in [5, 5.41) is 11.6. The van der Waals surface area contributed by atoms with E-state index in [1.807, 2.05) is 26.0 Å². The minimum Gasteiger partial charge on any atom is -0.411 e. The largest absolute Gasteiger partial charge is 0.411 e. The van der Waals surface area contributed by atoms with Gasteiger partial charge >= 0.3 is 0 Å². The molecule has 0 saturated heterocycles. The summed E-state index contributed by atoms with van der Waals surface area (Å²) in [4.78, 5) is 11.6. The summed E-state index contributed by atoms with van der Waals surface area (Å²) in [6, 6.07) is 7.24. The molecule has 0 unspecified atom stereocenters. The number of rotatable bonds is 6. The van der Waals surface area contributed by atoms with E-state index in [4.69, 9.17) is 16.0 Å². The Kier molecular flexibility index (Phi) is 5.64. The van der Waals surface area contributed by atoms with E-state index < -0.39 is 0 Å². The van der Waals surface area contributed by atoms with Crippen molar-refractivity contribution in [3.8, 4) is 11.5 Å². The van der Waals surface area contributed by atoms with Crippen molar-refractivity contribution < 1.29 is 9.21 Å². The van der Waals surface area contributed by atoms with Crippen molar-refractivity contribution in [3.63, 3.8) is 0 Å². The standard InChI is InChI=1S/C14H16ClN3O2S/c1-9(2)7-16-12(19)8-21-14-18-17-13(20-14)10-5-3-4-6-11(10)15/h3-6,9H,7-8H2,1-2H3,(H,16,19). The lowest BCUT2D eigenvalue weighted by atomic mass is 10.2. The van der Waals surface area contributed by atoms with Crippen molar-refractivity contribution in [1.82, 2.24) is 15.5 Å². The first-order valence-electron chi connectivity index (χ1n) is 6.54. The lowest BCUT2D eigenvalue weighted by Gasteiger charge is -2.05. The van der Waals surface area contributed by atoms with Crippen molar-refractivity contribution in [2.45, 2.75) is 19.1 Å². The Hall–Kier alpha value is -1.53. The molecule has 0 atom stereocenters. The second kappa shape index (κ2) is 7.47. The summed E-state index contributed by atoms with van der Waals surface area (Å²) in [5.74, 6) is 0.975. The molecule has 1 N–H and O–H groups in total. The van der Waals surface area contributed by atoms with Gasteiger partial charge in [-0.25, -0.2) is 0 Å². The second-order valence-corrected chi connectivity index (χ2v) is 6.17. The fourth-order valence-electron chi connectivity index (χ4n) is 1.51. The number of nitrogens with zero attached hydrogens (tertiary/aromatic N) is 2. The Bertz CT molecular complexity index is 616. The Morgan fingerprint density at radius 2 is 2.14 bits per heavy atom. The van der Waals surface area contributed by atoms with Crippen LogP contribution in [0.15, 0.2) is 33.9 Å². The average Bonchev–Trinajstić information content (AvgIpc) is 2.92. The van der Waals surface area contributed by atoms with E-state index in [9.17, 15) is 4.79 Å². The highest BCUT2D eigenvalue weighted by atomic mass is 35.5. The van der Waals surface area contributed by atoms with Gasteiger partial charge in [-0.2, -0.15) is 0 Å². The number of halogens is 1. The van der Waals surface area contributed by atoms with Gasteiger partial charge in [0.1, 0.15) is 0 Å². The molecule has 0 saturated carbocycles. The molecule has 0 aliphatic heterocycles. The van der Waals surface area contributed by atoms with Gasteiger partial charge in [0.15, 0.2) is 0 Å². The zero-order chi connectivity index (χ0) is 15.2. The number of nitrogens with one attached hydrogen (secondary N) is 1. The number of benzene rings is 1. The van der Waals surface area contributed by atoms with Crippen LogP contribution in [0, 0.1) is 5.92 Å². The minimum absolute atomic E-state index is 0.0498. The molecule has 0 aliphatic rings. The lowest BCUT2D eigenvalue weighted by Crippen LogP contribution is -2.28. The van der Waals surface area contributed by atoms with Gasteiger partial charge in [-0.15, -0.1) is 10.2 Å². The van der Waals surface area contributed by atoms with E-state index in [0.29, 0.717) is 34.2 Å². The Balaban J connectivity index is 1.92. The molecular weight excluding hydrogens is 310 g/mol. The van der Waals surface area contributed by atoms with Crippen molar-refractivity contribution in [2.75, 3.05) is 12.3 Å². The summed E-state index contributed by atoms with van der Waals surface area (Å²) in [6.45, 7) is 4.75. The predicted molar refractivity (Wildman–Crippen MR) is 83.3 cm³/mol. The third-order valence-corrected chi connectivity index (χ3v) is 3.69. The molecule has 0 bridgehead atoms. The number of thioether (sulfide) groups is 1. The number of aromatic nitrogens is 2. The molecule has 2 rings (SSSR count). The maximum absolute atomic E-state index is 11.6. The van der Waals surface area contributed by atoms with Gasteiger partial charge in [-0.3, -0.25) is 4.79 Å². The third-order valence-electron chi connectivity index (χ3n) is 2.54. The van der Waals surface area contributed by atoms with Gasteiger partial charge in [-0.05, 0) is 18.1 Å². The fraction of sp³-hybridized carbons (Fsp3) is 0.357. The van der Waals surface area contributed by atoms with Crippen LogP contribution in [0.25, 0.3) is 11.5 Å². The van der Waals surface area contributed by atoms with Crippen LogP contribution >= 0.6 is 23.4 Å². The maximum Gasteiger partial charge on any atom is 0.277 e. The van der Waals surface area contributed by atoms with Crippen LogP contribution in [0.2, 0.25) is 5.02 Å². The van der Waals surface area contributed by atoms with Crippen LogP contribution in [0.3, 0.4) is 0 Å². The molecule has 1 aromatic carbocycles. The first-order valence-corrected chi connectivity index (χ1v) is 7.90. The molecule has 0 radical (unpaired) electrons. The minimum atomic E-state index is -0.0498. The zero-order valence-electron chi connectivity index (χ0n) is 11.8. The molecule has 0 spiro atoms. The van der Waals surface area contributed by atoms with Crippen molar-refractivity contribution in [2.24, 2.45) is 5.92 Å². The molecule has 5 nitrogen and oxygen atoms in total. The SMILES string of the molecule is CC(C)CNC(=O)CSc1nnc(-c2ccccc2Cl)o1. The van der Waals surface area contributed by atoms with Gasteiger partial charge in [0.2, 0.25) is 11.8 Å². The van der Waals surface area contributed by atoms with Crippen LogP contribution < -0.4 is 5.32 Å². The molecule has 1 amide bonds. The van der Waals surface area contributed by atoms with Crippen molar-refractivity contribution >= 4 is 29.3 Å². The summed E-state index contributed by atoms with van der Waals surface area (Å²) in [6.07, 6.45) is 0. The van der Waals surface area contributed by atoms with E-state index in [0.717, 1.165) is 0 Å². The first kappa shape index (κ1) is 15.9. The lowest BCUT2D eigenvalue weighted by molar-refractivity contribution is -0.118. The summed E-state index contributed by atoms with van der Waals surface area (Å²) in [7, 11) is 0.